The number of aryl methyl sites for hydroxylation is 1. The fraction of sp³-hybridized carbons (Fsp3) is 0.632. The van der Waals surface area contributed by atoms with E-state index in [0.29, 0.717) is 36.4 Å². The van der Waals surface area contributed by atoms with E-state index in [9.17, 15) is 18.0 Å². The summed E-state index contributed by atoms with van der Waals surface area (Å²) in [6.07, 6.45) is 0.833. The van der Waals surface area contributed by atoms with Crippen LogP contribution >= 0.6 is 0 Å². The maximum atomic E-state index is 12.9. The number of ketones is 1. The van der Waals surface area contributed by atoms with Crippen LogP contribution in [0.15, 0.2) is 18.2 Å². The van der Waals surface area contributed by atoms with Crippen molar-refractivity contribution in [1.29, 1.82) is 0 Å². The Bertz CT molecular complexity index is 663. The monoisotopic (exact) mass is 322 g/mol. The average Bonchev–Trinajstić information content (AvgIpc) is 2.81. The summed E-state index contributed by atoms with van der Waals surface area (Å²) in [5, 5.41) is 0. The zero-order chi connectivity index (χ0) is 16.4. The third kappa shape index (κ3) is 2.17. The Morgan fingerprint density at radius 2 is 1.91 bits per heavy atom. The van der Waals surface area contributed by atoms with Crippen molar-refractivity contribution in [3.63, 3.8) is 0 Å². The smallest absolute Gasteiger partial charge is 0.299 e. The number of carbonyl (C=O) groups is 1. The van der Waals surface area contributed by atoms with Crippen LogP contribution in [0.2, 0.25) is 0 Å². The molecule has 0 bridgehead atoms. The number of hydrogen-bond donors (Lipinski definition) is 0. The van der Waals surface area contributed by atoms with E-state index in [1.807, 2.05) is 0 Å². The van der Waals surface area contributed by atoms with Gasteiger partial charge < -0.3 is 0 Å². The number of carbonyl (C=O) groups excluding carboxylic acids is 1. The molecule has 0 N–H and O–H groups in total. The summed E-state index contributed by atoms with van der Waals surface area (Å²) < 4.78 is 38.8. The lowest BCUT2D eigenvalue weighted by Crippen LogP contribution is -2.42. The van der Waals surface area contributed by atoms with E-state index in [0.717, 1.165) is 36.8 Å². The summed E-state index contributed by atoms with van der Waals surface area (Å²) >= 11 is 0. The molecule has 4 atom stereocenters. The van der Waals surface area contributed by atoms with E-state index in [-0.39, 0.29) is 5.41 Å². The minimum atomic E-state index is -4.27. The molecule has 0 aromatic heterocycles. The Hall–Kier alpha value is -1.32. The van der Waals surface area contributed by atoms with E-state index >= 15 is 0 Å². The van der Waals surface area contributed by atoms with Crippen LogP contribution in [0, 0.1) is 17.3 Å². The van der Waals surface area contributed by atoms with Crippen LogP contribution < -0.4 is 0 Å². The van der Waals surface area contributed by atoms with Gasteiger partial charge in [-0.3, -0.25) is 4.79 Å². The number of benzene rings is 1. The van der Waals surface area contributed by atoms with E-state index in [2.05, 4.69) is 6.92 Å². The topological polar surface area (TPSA) is 17.1 Å². The maximum Gasteiger partial charge on any atom is 0.416 e. The highest BCUT2D eigenvalue weighted by Gasteiger charge is 2.54. The molecule has 0 unspecified atom stereocenters. The first-order chi connectivity index (χ1) is 10.8. The number of rotatable bonds is 0. The molecule has 0 radical (unpaired) electrons. The summed E-state index contributed by atoms with van der Waals surface area (Å²) in [4.78, 5) is 12.3. The molecule has 4 heteroatoms. The summed E-state index contributed by atoms with van der Waals surface area (Å²) in [7, 11) is 0. The Morgan fingerprint density at radius 3 is 2.65 bits per heavy atom. The van der Waals surface area contributed by atoms with Gasteiger partial charge >= 0.3 is 6.18 Å². The highest BCUT2D eigenvalue weighted by Crippen LogP contribution is 2.59. The largest absolute Gasteiger partial charge is 0.416 e. The molecule has 1 aromatic carbocycles. The zero-order valence-electron chi connectivity index (χ0n) is 13.2. The molecule has 1 aromatic rings. The normalized spacial score (nSPS) is 36.3. The van der Waals surface area contributed by atoms with E-state index in [4.69, 9.17) is 0 Å². The Kier molecular flexibility index (Phi) is 3.20. The van der Waals surface area contributed by atoms with Crippen molar-refractivity contribution in [2.24, 2.45) is 17.3 Å². The first-order valence-electron chi connectivity index (χ1n) is 8.54. The highest BCUT2D eigenvalue weighted by atomic mass is 19.4. The summed E-state index contributed by atoms with van der Waals surface area (Å²) in [5.74, 6) is 1.62. The molecular formula is C19H21F3O. The van der Waals surface area contributed by atoms with Crippen molar-refractivity contribution in [2.75, 3.05) is 0 Å². The molecule has 4 rings (SSSR count). The summed E-state index contributed by atoms with van der Waals surface area (Å²) in [5.41, 5.74) is 1.26. The van der Waals surface area contributed by atoms with Crippen molar-refractivity contribution >= 4 is 5.78 Å². The second kappa shape index (κ2) is 4.84. The predicted molar refractivity (Wildman–Crippen MR) is 81.1 cm³/mol. The Morgan fingerprint density at radius 1 is 1.13 bits per heavy atom. The van der Waals surface area contributed by atoms with E-state index in [1.54, 1.807) is 6.07 Å². The van der Waals surface area contributed by atoms with Gasteiger partial charge in [-0.05, 0) is 73.1 Å². The Labute approximate surface area is 134 Å². The van der Waals surface area contributed by atoms with Gasteiger partial charge in [0.1, 0.15) is 5.78 Å². The second-order valence-corrected chi connectivity index (χ2v) is 7.74. The molecule has 0 aliphatic heterocycles. The number of alkyl halides is 3. The summed E-state index contributed by atoms with van der Waals surface area (Å²) in [6, 6.07) is 4.28. The SMILES string of the molecule is C[C@]12CC[C@@H]3c4ccc(C(F)(F)F)cc4CC[C@H]3[C@@H]1CCC2=O. The van der Waals surface area contributed by atoms with Gasteiger partial charge in [0.25, 0.3) is 0 Å². The van der Waals surface area contributed by atoms with Gasteiger partial charge in [0.2, 0.25) is 0 Å². The average molecular weight is 322 g/mol. The number of hydrogen-bond acceptors (Lipinski definition) is 1. The molecule has 0 spiro atoms. The Balaban J connectivity index is 1.69. The van der Waals surface area contributed by atoms with Gasteiger partial charge in [0.05, 0.1) is 5.56 Å². The fourth-order valence-corrected chi connectivity index (χ4v) is 5.53. The van der Waals surface area contributed by atoms with Gasteiger partial charge in [-0.25, -0.2) is 0 Å². The van der Waals surface area contributed by atoms with E-state index in [1.165, 1.54) is 12.1 Å². The fourth-order valence-electron chi connectivity index (χ4n) is 5.53. The minimum absolute atomic E-state index is 0.176. The van der Waals surface area contributed by atoms with E-state index < -0.39 is 11.7 Å². The van der Waals surface area contributed by atoms with Crippen molar-refractivity contribution in [1.82, 2.24) is 0 Å². The van der Waals surface area contributed by atoms with Crippen molar-refractivity contribution in [3.05, 3.63) is 34.9 Å². The van der Waals surface area contributed by atoms with Gasteiger partial charge in [-0.15, -0.1) is 0 Å². The molecular weight excluding hydrogens is 301 g/mol. The van der Waals surface area contributed by atoms with Crippen LogP contribution in [-0.2, 0) is 17.4 Å². The zero-order valence-corrected chi connectivity index (χ0v) is 13.2. The quantitative estimate of drug-likeness (QED) is 0.647. The third-order valence-corrected chi connectivity index (χ3v) is 6.76. The van der Waals surface area contributed by atoms with Crippen LogP contribution in [0.4, 0.5) is 13.2 Å². The number of halogens is 3. The van der Waals surface area contributed by atoms with Crippen LogP contribution in [-0.4, -0.2) is 5.78 Å². The predicted octanol–water partition coefficient (Wildman–Crippen LogP) is 5.13. The molecule has 0 amide bonds. The lowest BCUT2D eigenvalue weighted by Gasteiger charge is -2.48. The van der Waals surface area contributed by atoms with Gasteiger partial charge in [0, 0.05) is 11.8 Å². The lowest BCUT2D eigenvalue weighted by molar-refractivity contribution is -0.137. The standard InChI is InChI=1S/C19H21F3O/c1-18-9-8-14-13-5-3-12(19(20,21)22)10-11(13)2-4-15(14)16(18)6-7-17(18)23/h3,5,10,14-16H,2,4,6-9H2,1H3/t14-,15-,16+,18+/m1/s1. The number of fused-ring (bicyclic) bond motifs is 5. The molecule has 23 heavy (non-hydrogen) atoms. The van der Waals surface area contributed by atoms with Crippen LogP contribution in [0.1, 0.15) is 61.6 Å². The van der Waals surface area contributed by atoms with Crippen LogP contribution in [0.3, 0.4) is 0 Å². The minimum Gasteiger partial charge on any atom is -0.299 e. The van der Waals surface area contributed by atoms with Crippen LogP contribution in [0.5, 0.6) is 0 Å². The third-order valence-electron chi connectivity index (χ3n) is 6.76. The first-order valence-corrected chi connectivity index (χ1v) is 8.54. The lowest BCUT2D eigenvalue weighted by atomic mass is 9.55. The second-order valence-electron chi connectivity index (χ2n) is 7.74. The molecule has 2 saturated carbocycles. The molecule has 0 saturated heterocycles. The molecule has 124 valence electrons. The molecule has 0 heterocycles. The van der Waals surface area contributed by atoms with Gasteiger partial charge in [0.15, 0.2) is 0 Å². The highest BCUT2D eigenvalue weighted by molar-refractivity contribution is 5.87. The summed E-state index contributed by atoms with van der Waals surface area (Å²) in [6.45, 7) is 2.12. The van der Waals surface area contributed by atoms with Crippen LogP contribution in [0.25, 0.3) is 0 Å². The van der Waals surface area contributed by atoms with Gasteiger partial charge in [-0.2, -0.15) is 13.2 Å². The van der Waals surface area contributed by atoms with Gasteiger partial charge in [-0.1, -0.05) is 13.0 Å². The number of Topliss-reactive ketones (excluding diaryl/α,β-unsaturated/α-hetero) is 1. The first kappa shape index (κ1) is 15.2. The molecule has 3 aliphatic rings. The van der Waals surface area contributed by atoms with Crippen molar-refractivity contribution in [3.8, 4) is 0 Å². The molecule has 1 nitrogen and oxygen atoms in total. The van der Waals surface area contributed by atoms with Crippen molar-refractivity contribution < 1.29 is 18.0 Å². The van der Waals surface area contributed by atoms with Crippen molar-refractivity contribution in [2.45, 2.75) is 57.5 Å². The molecule has 3 aliphatic carbocycles. The maximum absolute atomic E-state index is 12.9. The molecule has 2 fully saturated rings.